The maximum Gasteiger partial charge on any atom is 0.231 e. The molecule has 74 valence electrons. The van der Waals surface area contributed by atoms with Crippen LogP contribution in [0.15, 0.2) is 12.1 Å². The topological polar surface area (TPSA) is 35.5 Å². The van der Waals surface area contributed by atoms with Crippen LogP contribution in [-0.4, -0.2) is 12.6 Å². The summed E-state index contributed by atoms with van der Waals surface area (Å²) < 4.78 is 10.6. The molecule has 0 saturated carbocycles. The Morgan fingerprint density at radius 2 is 2.21 bits per heavy atom. The molecule has 2 rings (SSSR count). The third-order valence-electron chi connectivity index (χ3n) is 2.30. The smallest absolute Gasteiger partial charge is 0.231 e. The van der Waals surface area contributed by atoms with Gasteiger partial charge in [0.25, 0.3) is 0 Å². The van der Waals surface area contributed by atoms with Crippen LogP contribution in [0.2, 0.25) is 0 Å². The molecule has 14 heavy (non-hydrogen) atoms. The summed E-state index contributed by atoms with van der Waals surface area (Å²) in [4.78, 5) is 11.1. The van der Waals surface area contributed by atoms with E-state index in [1.807, 2.05) is 19.1 Å². The van der Waals surface area contributed by atoms with Gasteiger partial charge in [0.2, 0.25) is 6.79 Å². The number of benzene rings is 1. The highest BCUT2D eigenvalue weighted by molar-refractivity contribution is 5.80. The van der Waals surface area contributed by atoms with Crippen molar-refractivity contribution in [3.05, 3.63) is 23.3 Å². The van der Waals surface area contributed by atoms with E-state index < -0.39 is 0 Å². The predicted molar refractivity (Wildman–Crippen MR) is 51.7 cm³/mol. The van der Waals surface area contributed by atoms with E-state index in [0.717, 1.165) is 22.6 Å². The van der Waals surface area contributed by atoms with Gasteiger partial charge in [-0.05, 0) is 25.5 Å². The molecule has 0 bridgehead atoms. The van der Waals surface area contributed by atoms with Gasteiger partial charge in [-0.25, -0.2) is 0 Å². The number of carbonyl (C=O) groups is 1. The average molecular weight is 192 g/mol. The fourth-order valence-corrected chi connectivity index (χ4v) is 1.60. The summed E-state index contributed by atoms with van der Waals surface area (Å²) in [5.74, 6) is 1.61. The Kier molecular flexibility index (Phi) is 2.15. The highest BCUT2D eigenvalue weighted by atomic mass is 16.7. The molecule has 0 unspecified atom stereocenters. The standard InChI is InChI=1S/C11H12O3/c1-7-3-4-10-11(14-6-13-10)9(7)5-8(2)12/h3-4H,5-6H2,1-2H3. The number of hydrogen-bond acceptors (Lipinski definition) is 3. The number of fused-ring (bicyclic) bond motifs is 1. The molecule has 0 fully saturated rings. The van der Waals surface area contributed by atoms with E-state index in [1.54, 1.807) is 6.92 Å². The fraction of sp³-hybridized carbons (Fsp3) is 0.364. The molecule has 1 aromatic rings. The predicted octanol–water partition coefficient (Wildman–Crippen LogP) is 1.86. The molecular formula is C11H12O3. The zero-order valence-corrected chi connectivity index (χ0v) is 8.29. The lowest BCUT2D eigenvalue weighted by molar-refractivity contribution is -0.116. The maximum atomic E-state index is 11.1. The molecule has 0 atom stereocenters. The Balaban J connectivity index is 2.46. The highest BCUT2D eigenvalue weighted by Crippen LogP contribution is 2.37. The summed E-state index contributed by atoms with van der Waals surface area (Å²) in [6, 6.07) is 3.83. The van der Waals surface area contributed by atoms with Gasteiger partial charge in [0.1, 0.15) is 5.78 Å². The van der Waals surface area contributed by atoms with Crippen molar-refractivity contribution in [2.24, 2.45) is 0 Å². The summed E-state index contributed by atoms with van der Waals surface area (Å²) in [7, 11) is 0. The van der Waals surface area contributed by atoms with Crippen LogP contribution in [-0.2, 0) is 11.2 Å². The third-order valence-corrected chi connectivity index (χ3v) is 2.30. The van der Waals surface area contributed by atoms with Gasteiger partial charge in [0, 0.05) is 12.0 Å². The molecule has 0 amide bonds. The van der Waals surface area contributed by atoms with Crippen LogP contribution in [0.3, 0.4) is 0 Å². The zero-order chi connectivity index (χ0) is 10.1. The first-order valence-corrected chi connectivity index (χ1v) is 4.56. The largest absolute Gasteiger partial charge is 0.454 e. The molecule has 3 heteroatoms. The summed E-state index contributed by atoms with van der Waals surface area (Å²) in [6.45, 7) is 3.80. The average Bonchev–Trinajstić information content (AvgIpc) is 2.57. The van der Waals surface area contributed by atoms with Gasteiger partial charge in [-0.3, -0.25) is 4.79 Å². The normalized spacial score (nSPS) is 13.0. The Labute approximate surface area is 82.6 Å². The van der Waals surface area contributed by atoms with Crippen molar-refractivity contribution < 1.29 is 14.3 Å². The van der Waals surface area contributed by atoms with Crippen LogP contribution in [0, 0.1) is 6.92 Å². The second kappa shape index (κ2) is 3.33. The van der Waals surface area contributed by atoms with Crippen LogP contribution in [0.4, 0.5) is 0 Å². The van der Waals surface area contributed by atoms with Gasteiger partial charge in [-0.1, -0.05) is 6.07 Å². The first-order valence-electron chi connectivity index (χ1n) is 4.56. The molecule has 0 saturated heterocycles. The number of Topliss-reactive ketones (excluding diaryl/α,β-unsaturated/α-hetero) is 1. The van der Waals surface area contributed by atoms with E-state index in [9.17, 15) is 4.79 Å². The third kappa shape index (κ3) is 1.45. The van der Waals surface area contributed by atoms with E-state index in [2.05, 4.69) is 0 Å². The molecule has 0 aromatic heterocycles. The lowest BCUT2D eigenvalue weighted by Gasteiger charge is -2.07. The number of carbonyl (C=O) groups excluding carboxylic acids is 1. The number of aryl methyl sites for hydroxylation is 1. The maximum absolute atomic E-state index is 11.1. The summed E-state index contributed by atoms with van der Waals surface area (Å²) in [5.41, 5.74) is 2.02. The second-order valence-electron chi connectivity index (χ2n) is 3.47. The van der Waals surface area contributed by atoms with Crippen LogP contribution >= 0.6 is 0 Å². The van der Waals surface area contributed by atoms with Gasteiger partial charge < -0.3 is 9.47 Å². The number of ketones is 1. The van der Waals surface area contributed by atoms with Crippen LogP contribution in [0.1, 0.15) is 18.1 Å². The number of hydrogen-bond donors (Lipinski definition) is 0. The van der Waals surface area contributed by atoms with E-state index in [-0.39, 0.29) is 12.6 Å². The summed E-state index contributed by atoms with van der Waals surface area (Å²) in [6.07, 6.45) is 0.415. The van der Waals surface area contributed by atoms with Gasteiger partial charge in [-0.2, -0.15) is 0 Å². The van der Waals surface area contributed by atoms with E-state index >= 15 is 0 Å². The molecule has 1 aliphatic heterocycles. The zero-order valence-electron chi connectivity index (χ0n) is 8.29. The molecule has 0 spiro atoms. The molecule has 0 radical (unpaired) electrons. The van der Waals surface area contributed by atoms with Crippen molar-refractivity contribution in [2.45, 2.75) is 20.3 Å². The Hall–Kier alpha value is -1.51. The Bertz CT molecular complexity index is 382. The quantitative estimate of drug-likeness (QED) is 0.717. The lowest BCUT2D eigenvalue weighted by atomic mass is 10.0. The first kappa shape index (κ1) is 9.06. The minimum absolute atomic E-state index is 0.136. The van der Waals surface area contributed by atoms with Crippen molar-refractivity contribution in [3.63, 3.8) is 0 Å². The summed E-state index contributed by atoms with van der Waals surface area (Å²) in [5, 5.41) is 0. The van der Waals surface area contributed by atoms with Crippen molar-refractivity contribution in [2.75, 3.05) is 6.79 Å². The van der Waals surface area contributed by atoms with E-state index in [1.165, 1.54) is 0 Å². The first-order chi connectivity index (χ1) is 6.68. The molecule has 1 aromatic carbocycles. The van der Waals surface area contributed by atoms with Gasteiger partial charge in [0.15, 0.2) is 11.5 Å². The summed E-state index contributed by atoms with van der Waals surface area (Å²) >= 11 is 0. The molecule has 0 N–H and O–H groups in total. The fourth-order valence-electron chi connectivity index (χ4n) is 1.60. The van der Waals surface area contributed by atoms with Gasteiger partial charge in [0.05, 0.1) is 0 Å². The molecule has 3 nitrogen and oxygen atoms in total. The monoisotopic (exact) mass is 192 g/mol. The van der Waals surface area contributed by atoms with Crippen molar-refractivity contribution in [1.82, 2.24) is 0 Å². The van der Waals surface area contributed by atoms with Gasteiger partial charge in [-0.15, -0.1) is 0 Å². The minimum atomic E-state index is 0.136. The molecule has 0 aliphatic carbocycles. The lowest BCUT2D eigenvalue weighted by Crippen LogP contribution is -2.01. The van der Waals surface area contributed by atoms with Crippen LogP contribution < -0.4 is 9.47 Å². The Morgan fingerprint density at radius 1 is 1.43 bits per heavy atom. The minimum Gasteiger partial charge on any atom is -0.454 e. The van der Waals surface area contributed by atoms with Crippen molar-refractivity contribution in [3.8, 4) is 11.5 Å². The van der Waals surface area contributed by atoms with Crippen molar-refractivity contribution >= 4 is 5.78 Å². The van der Waals surface area contributed by atoms with E-state index in [0.29, 0.717) is 6.42 Å². The van der Waals surface area contributed by atoms with Gasteiger partial charge >= 0.3 is 0 Å². The number of ether oxygens (including phenoxy) is 2. The Morgan fingerprint density at radius 3 is 2.93 bits per heavy atom. The highest BCUT2D eigenvalue weighted by Gasteiger charge is 2.19. The van der Waals surface area contributed by atoms with E-state index in [4.69, 9.17) is 9.47 Å². The van der Waals surface area contributed by atoms with Crippen LogP contribution in [0.5, 0.6) is 11.5 Å². The molecular weight excluding hydrogens is 180 g/mol. The molecule has 1 aliphatic rings. The second-order valence-corrected chi connectivity index (χ2v) is 3.47. The van der Waals surface area contributed by atoms with Crippen molar-refractivity contribution in [1.29, 1.82) is 0 Å². The van der Waals surface area contributed by atoms with Crippen LogP contribution in [0.25, 0.3) is 0 Å². The number of rotatable bonds is 2. The SMILES string of the molecule is CC(=O)Cc1c(C)ccc2c1OCO2. The molecule has 1 heterocycles.